The van der Waals surface area contributed by atoms with E-state index in [0.717, 1.165) is 4.90 Å². The van der Waals surface area contributed by atoms with Crippen molar-refractivity contribution < 1.29 is 18.3 Å². The van der Waals surface area contributed by atoms with Gasteiger partial charge in [0.05, 0.1) is 40.6 Å². The molecule has 0 bridgehead atoms. The van der Waals surface area contributed by atoms with Gasteiger partial charge in [-0.2, -0.15) is 5.10 Å². The average Bonchev–Trinajstić information content (AvgIpc) is 3.26. The van der Waals surface area contributed by atoms with Crippen molar-refractivity contribution in [1.82, 2.24) is 19.7 Å². The summed E-state index contributed by atoms with van der Waals surface area (Å²) in [5, 5.41) is 3.27. The third-order valence-corrected chi connectivity index (χ3v) is 5.85. The number of fused-ring (bicyclic) bond motifs is 2. The van der Waals surface area contributed by atoms with Gasteiger partial charge in [-0.25, -0.2) is 8.78 Å². The number of nitrogens with zero attached hydrogens (tertiary/aromatic N) is 4. The number of benzene rings is 2. The lowest BCUT2D eigenvalue weighted by atomic mass is 9.59. The van der Waals surface area contributed by atoms with E-state index in [0.29, 0.717) is 27.8 Å². The lowest BCUT2D eigenvalue weighted by Gasteiger charge is -2.33. The highest BCUT2D eigenvalue weighted by molar-refractivity contribution is 6.42. The highest BCUT2D eigenvalue weighted by Crippen LogP contribution is 2.37. The van der Waals surface area contributed by atoms with Crippen LogP contribution in [0.25, 0.3) is 22.0 Å². The van der Waals surface area contributed by atoms with E-state index in [1.165, 1.54) is 31.5 Å². The minimum absolute atomic E-state index is 0.157. The van der Waals surface area contributed by atoms with Gasteiger partial charge in [-0.15, -0.1) is 0 Å². The number of hydrogen-bond donors (Lipinski definition) is 0. The van der Waals surface area contributed by atoms with Crippen LogP contribution in [0.2, 0.25) is 0 Å². The Morgan fingerprint density at radius 2 is 1.85 bits per heavy atom. The molecule has 10 heteroatoms. The molecule has 6 nitrogen and oxygen atoms in total. The minimum atomic E-state index is -1.79. The fourth-order valence-corrected chi connectivity index (χ4v) is 4.22. The Kier molecular flexibility index (Phi) is 4.77. The summed E-state index contributed by atoms with van der Waals surface area (Å²) < 4.78 is 37.3. The first-order valence-electron chi connectivity index (χ1n) is 10.1. The first-order chi connectivity index (χ1) is 15.7. The fourth-order valence-electron chi connectivity index (χ4n) is 4.22. The van der Waals surface area contributed by atoms with E-state index in [1.54, 1.807) is 36.1 Å². The summed E-state index contributed by atoms with van der Waals surface area (Å²) in [6, 6.07) is 8.94. The van der Waals surface area contributed by atoms with Gasteiger partial charge in [0.25, 0.3) is 5.91 Å². The van der Waals surface area contributed by atoms with Crippen LogP contribution >= 0.6 is 0 Å². The topological polar surface area (TPSA) is 60.3 Å². The molecular weight excluding hydrogens is 424 g/mol. The van der Waals surface area contributed by atoms with E-state index >= 15 is 8.78 Å². The molecule has 0 saturated carbocycles. The van der Waals surface area contributed by atoms with E-state index in [-0.39, 0.29) is 16.8 Å². The Morgan fingerprint density at radius 3 is 2.52 bits per heavy atom. The van der Waals surface area contributed by atoms with Crippen molar-refractivity contribution in [3.63, 3.8) is 0 Å². The number of rotatable bonds is 4. The Labute approximate surface area is 191 Å². The Balaban J connectivity index is 1.55. The van der Waals surface area contributed by atoms with E-state index in [1.807, 2.05) is 0 Å². The normalized spacial score (nSPS) is 14.7. The van der Waals surface area contributed by atoms with Crippen molar-refractivity contribution in [2.24, 2.45) is 7.05 Å². The average molecular weight is 440 g/mol. The van der Waals surface area contributed by atoms with Crippen molar-refractivity contribution in [3.8, 4) is 16.9 Å². The third-order valence-electron chi connectivity index (χ3n) is 5.85. The Bertz CT molecular complexity index is 1410. The molecule has 1 aliphatic heterocycles. The fraction of sp³-hybridized carbons (Fsp3) is 0.174. The number of aromatic nitrogens is 3. The van der Waals surface area contributed by atoms with Crippen LogP contribution in [0.3, 0.4) is 0 Å². The van der Waals surface area contributed by atoms with Crippen molar-refractivity contribution in [3.05, 3.63) is 77.2 Å². The SMILES string of the molecule is [B]C1([B])c2ncccc2C(=O)N1Cc1c(F)cc(-c2ccc(OC)c3nn(C)cc23)cc1F. The molecule has 0 saturated heterocycles. The maximum absolute atomic E-state index is 15.2. The molecular formula is C23H16B2F2N4O2. The number of carbonyl (C=O) groups excluding carboxylic acids is 1. The van der Waals surface area contributed by atoms with Crippen LogP contribution in [-0.4, -0.2) is 48.4 Å². The van der Waals surface area contributed by atoms with E-state index in [2.05, 4.69) is 10.1 Å². The first-order valence-corrected chi connectivity index (χ1v) is 10.1. The molecule has 4 radical (unpaired) electrons. The maximum Gasteiger partial charge on any atom is 0.255 e. The van der Waals surface area contributed by atoms with Crippen LogP contribution in [0.15, 0.2) is 48.8 Å². The van der Waals surface area contributed by atoms with Crippen molar-refractivity contribution in [1.29, 1.82) is 0 Å². The smallest absolute Gasteiger partial charge is 0.255 e. The van der Waals surface area contributed by atoms with Crippen molar-refractivity contribution >= 4 is 32.5 Å². The predicted octanol–water partition coefficient (Wildman–Crippen LogP) is 3.03. The number of amides is 1. The number of ether oxygens (including phenoxy) is 1. The predicted molar refractivity (Wildman–Crippen MR) is 120 cm³/mol. The van der Waals surface area contributed by atoms with Gasteiger partial charge in [0, 0.05) is 35.7 Å². The molecule has 0 unspecified atom stereocenters. The Morgan fingerprint density at radius 1 is 1.12 bits per heavy atom. The van der Waals surface area contributed by atoms with Gasteiger partial charge < -0.3 is 9.64 Å². The second kappa shape index (κ2) is 7.43. The number of methoxy groups -OCH3 is 1. The van der Waals surface area contributed by atoms with Crippen LogP contribution in [-0.2, 0) is 18.9 Å². The van der Waals surface area contributed by atoms with E-state index < -0.39 is 29.4 Å². The van der Waals surface area contributed by atoms with Gasteiger partial charge in [0.2, 0.25) is 0 Å². The van der Waals surface area contributed by atoms with Gasteiger partial charge >= 0.3 is 0 Å². The van der Waals surface area contributed by atoms with E-state index in [9.17, 15) is 4.79 Å². The minimum Gasteiger partial charge on any atom is -0.494 e. The summed E-state index contributed by atoms with van der Waals surface area (Å²) in [5.74, 6) is -1.65. The molecule has 0 spiro atoms. The number of halogens is 2. The summed E-state index contributed by atoms with van der Waals surface area (Å²) in [4.78, 5) is 17.9. The monoisotopic (exact) mass is 440 g/mol. The first kappa shape index (κ1) is 21.2. The standard InChI is InChI=1S/C23H16B2F2N4O2/c1-30-10-15-13(5-6-19(33-2)20(15)29-30)12-8-17(26)16(18(27)9-12)11-31-22(32)14-4-3-7-28-21(14)23(31,24)25/h3-10H,11H2,1-2H3. The van der Waals surface area contributed by atoms with Crippen molar-refractivity contribution in [2.75, 3.05) is 7.11 Å². The number of aryl methyl sites for hydroxylation is 1. The molecule has 0 N–H and O–H groups in total. The molecule has 0 fully saturated rings. The van der Waals surface area contributed by atoms with Crippen molar-refractivity contribution in [2.45, 2.75) is 11.9 Å². The molecule has 2 aromatic carbocycles. The second-order valence-corrected chi connectivity index (χ2v) is 7.92. The zero-order valence-corrected chi connectivity index (χ0v) is 17.8. The molecule has 33 heavy (non-hydrogen) atoms. The van der Waals surface area contributed by atoms with Gasteiger partial charge in [0.15, 0.2) is 0 Å². The highest BCUT2D eigenvalue weighted by Gasteiger charge is 2.43. The molecule has 1 amide bonds. The number of hydrogen-bond acceptors (Lipinski definition) is 4. The largest absolute Gasteiger partial charge is 0.494 e. The van der Waals surface area contributed by atoms with Gasteiger partial charge in [-0.05, 0) is 47.5 Å². The lowest BCUT2D eigenvalue weighted by Crippen LogP contribution is -2.45. The highest BCUT2D eigenvalue weighted by atomic mass is 19.1. The lowest BCUT2D eigenvalue weighted by molar-refractivity contribution is 0.0727. The van der Waals surface area contributed by atoms with Crippen LogP contribution in [0.4, 0.5) is 8.78 Å². The molecule has 4 aromatic rings. The molecule has 160 valence electrons. The third kappa shape index (κ3) is 3.20. The van der Waals surface area contributed by atoms with Gasteiger partial charge in [-0.3, -0.25) is 14.5 Å². The summed E-state index contributed by atoms with van der Waals surface area (Å²) in [6.07, 6.45) is 3.20. The second-order valence-electron chi connectivity index (χ2n) is 7.92. The van der Waals surface area contributed by atoms with Gasteiger partial charge in [-0.1, -0.05) is 0 Å². The summed E-state index contributed by atoms with van der Waals surface area (Å²) in [5.41, 5.74) is 1.52. The number of pyridine rings is 1. The van der Waals surface area contributed by atoms with Crippen LogP contribution in [0.1, 0.15) is 21.6 Å². The van der Waals surface area contributed by atoms with Crippen LogP contribution < -0.4 is 4.74 Å². The summed E-state index contributed by atoms with van der Waals surface area (Å²) in [7, 11) is 15.6. The molecule has 0 atom stereocenters. The molecule has 1 aliphatic rings. The van der Waals surface area contributed by atoms with Crippen LogP contribution in [0.5, 0.6) is 5.75 Å². The maximum atomic E-state index is 15.2. The van der Waals surface area contributed by atoms with Gasteiger partial charge in [0.1, 0.15) is 22.9 Å². The quantitative estimate of drug-likeness (QED) is 0.458. The summed E-state index contributed by atoms with van der Waals surface area (Å²) >= 11 is 0. The molecule has 5 rings (SSSR count). The zero-order chi connectivity index (χ0) is 23.5. The van der Waals surface area contributed by atoms with Crippen LogP contribution in [0, 0.1) is 11.6 Å². The Hall–Kier alpha value is -3.68. The molecule has 3 heterocycles. The number of carbonyl (C=O) groups is 1. The molecule has 2 aromatic heterocycles. The zero-order valence-electron chi connectivity index (χ0n) is 17.8. The van der Waals surface area contributed by atoms with E-state index in [4.69, 9.17) is 20.4 Å². The summed E-state index contributed by atoms with van der Waals surface area (Å²) in [6.45, 7) is -0.453. The molecule has 0 aliphatic carbocycles.